The number of nitrogens with zero attached hydrogens (tertiary/aromatic N) is 2. The first-order chi connectivity index (χ1) is 11.3. The van der Waals surface area contributed by atoms with Crippen LogP contribution in [0.4, 0.5) is 8.63 Å². The summed E-state index contributed by atoms with van der Waals surface area (Å²) in [5.74, 6) is 0. The largest absolute Gasteiger partial charge is 0.738 e. The summed E-state index contributed by atoms with van der Waals surface area (Å²) in [6.07, 6.45) is 3.40. The van der Waals surface area contributed by atoms with Crippen LogP contribution in [0.3, 0.4) is 0 Å². The minimum absolute atomic E-state index is 0.361. The molecular weight excluding hydrogens is 509 g/mol. The molecule has 0 spiro atoms. The normalized spacial score (nSPS) is 18.2. The van der Waals surface area contributed by atoms with Gasteiger partial charge in [0.25, 0.3) is 0 Å². The van der Waals surface area contributed by atoms with Crippen LogP contribution in [0.15, 0.2) is 57.3 Å². The standard InChI is InChI=1S/C16H10BBr3F2N2/c1-9-8-10(2-3-11(9)18)16-12-4-6-14(19)23(12)17(21,22)24-13(16)5-7-15(24)20/h2-8H,1H3. The fraction of sp³-hybridized carbons (Fsp3) is 0.0625. The van der Waals surface area contributed by atoms with Crippen LogP contribution in [0.5, 0.6) is 0 Å². The Morgan fingerprint density at radius 2 is 1.79 bits per heavy atom. The molecule has 2 aromatic rings. The molecule has 24 heavy (non-hydrogen) atoms. The number of hydrogen-bond acceptors (Lipinski definition) is 0. The number of hydrogen-bond donors (Lipinski definition) is 0. The topological polar surface area (TPSA) is 7.94 Å². The van der Waals surface area contributed by atoms with Crippen molar-refractivity contribution >= 4 is 65.0 Å². The lowest BCUT2D eigenvalue weighted by Gasteiger charge is -2.32. The number of halogens is 5. The third-order valence-electron chi connectivity index (χ3n) is 4.32. The SMILES string of the molecule is Cc1cc(C2=C3C=CC(Br)=[N+]3[B-](F)(F)n3c(Br)ccc32)ccc1Br. The Morgan fingerprint density at radius 3 is 2.50 bits per heavy atom. The highest BCUT2D eigenvalue weighted by Gasteiger charge is 2.54. The van der Waals surface area contributed by atoms with Crippen LogP contribution >= 0.6 is 47.8 Å². The van der Waals surface area contributed by atoms with Gasteiger partial charge in [0.2, 0.25) is 4.62 Å². The first-order valence-corrected chi connectivity index (χ1v) is 9.60. The lowest BCUT2D eigenvalue weighted by Crippen LogP contribution is -2.50. The van der Waals surface area contributed by atoms with E-state index in [0.29, 0.717) is 20.6 Å². The monoisotopic (exact) mass is 516 g/mol. The van der Waals surface area contributed by atoms with E-state index in [-0.39, 0.29) is 0 Å². The van der Waals surface area contributed by atoms with Gasteiger partial charge >= 0.3 is 6.97 Å². The molecule has 8 heteroatoms. The minimum Gasteiger partial charge on any atom is -0.389 e. The highest BCUT2D eigenvalue weighted by molar-refractivity contribution is 9.18. The third kappa shape index (κ3) is 2.19. The molecule has 0 radical (unpaired) electrons. The van der Waals surface area contributed by atoms with Crippen molar-refractivity contribution < 1.29 is 13.1 Å². The number of rotatable bonds is 1. The van der Waals surface area contributed by atoms with Crippen molar-refractivity contribution in [1.82, 2.24) is 4.48 Å². The van der Waals surface area contributed by atoms with Gasteiger partial charge in [0, 0.05) is 38.2 Å². The molecule has 1 aromatic heterocycles. The summed E-state index contributed by atoms with van der Waals surface area (Å²) in [5, 5.41) is 0. The van der Waals surface area contributed by atoms with E-state index in [1.165, 1.54) is 0 Å². The fourth-order valence-electron chi connectivity index (χ4n) is 3.23. The molecule has 2 aliphatic rings. The lowest BCUT2D eigenvalue weighted by atomic mass is 9.86. The van der Waals surface area contributed by atoms with Gasteiger partial charge < -0.3 is 17.6 Å². The van der Waals surface area contributed by atoms with Crippen LogP contribution in [0.1, 0.15) is 16.8 Å². The second-order valence-electron chi connectivity index (χ2n) is 5.75. The van der Waals surface area contributed by atoms with Crippen molar-refractivity contribution in [2.45, 2.75) is 6.92 Å². The van der Waals surface area contributed by atoms with Crippen LogP contribution in [0.25, 0.3) is 5.57 Å². The average molecular weight is 519 g/mol. The Kier molecular flexibility index (Phi) is 3.78. The van der Waals surface area contributed by atoms with E-state index >= 15 is 8.63 Å². The minimum atomic E-state index is -3.97. The van der Waals surface area contributed by atoms with Gasteiger partial charge in [-0.1, -0.05) is 22.0 Å². The van der Waals surface area contributed by atoms with Crippen LogP contribution in [-0.4, -0.2) is 20.6 Å². The highest BCUT2D eigenvalue weighted by atomic mass is 79.9. The molecule has 0 amide bonds. The van der Waals surface area contributed by atoms with Gasteiger partial charge in [0.1, 0.15) is 0 Å². The number of fused-ring (bicyclic) bond motifs is 2. The van der Waals surface area contributed by atoms with E-state index in [9.17, 15) is 0 Å². The molecule has 0 unspecified atom stereocenters. The molecule has 0 saturated carbocycles. The van der Waals surface area contributed by atoms with Gasteiger partial charge in [-0.05, 0) is 58.2 Å². The van der Waals surface area contributed by atoms with E-state index < -0.39 is 6.97 Å². The Hall–Kier alpha value is -0.985. The summed E-state index contributed by atoms with van der Waals surface area (Å²) >= 11 is 10.0. The van der Waals surface area contributed by atoms with Crippen molar-refractivity contribution in [3.05, 3.63) is 74.1 Å². The molecular formula is C16H10BBr3F2N2. The van der Waals surface area contributed by atoms with Gasteiger partial charge in [0.15, 0.2) is 5.70 Å². The predicted octanol–water partition coefficient (Wildman–Crippen LogP) is 5.69. The van der Waals surface area contributed by atoms with Crippen molar-refractivity contribution in [3.8, 4) is 0 Å². The summed E-state index contributed by atoms with van der Waals surface area (Å²) in [6, 6.07) is 9.29. The first-order valence-electron chi connectivity index (χ1n) is 7.22. The number of aryl methyl sites for hydroxylation is 1. The van der Waals surface area contributed by atoms with Crippen molar-refractivity contribution in [2.24, 2.45) is 0 Å². The zero-order valence-corrected chi connectivity index (χ0v) is 17.2. The highest BCUT2D eigenvalue weighted by Crippen LogP contribution is 2.42. The smallest absolute Gasteiger partial charge is 0.389 e. The Bertz CT molecular complexity index is 989. The quantitative estimate of drug-likeness (QED) is 0.429. The molecule has 4 rings (SSSR count). The molecule has 2 aliphatic heterocycles. The zero-order valence-electron chi connectivity index (χ0n) is 12.4. The van der Waals surface area contributed by atoms with Crippen molar-refractivity contribution in [3.63, 3.8) is 0 Å². The van der Waals surface area contributed by atoms with Crippen LogP contribution in [-0.2, 0) is 0 Å². The maximum atomic E-state index is 15.1. The molecule has 0 atom stereocenters. The lowest BCUT2D eigenvalue weighted by molar-refractivity contribution is -0.358. The van der Waals surface area contributed by atoms with Gasteiger partial charge in [-0.15, -0.1) is 0 Å². The molecule has 3 heterocycles. The van der Waals surface area contributed by atoms with Crippen molar-refractivity contribution in [2.75, 3.05) is 0 Å². The van der Waals surface area contributed by atoms with E-state index in [0.717, 1.165) is 30.1 Å². The fourth-order valence-corrected chi connectivity index (χ4v) is 4.61. The molecule has 0 saturated heterocycles. The molecule has 122 valence electrons. The molecule has 0 fully saturated rings. The Morgan fingerprint density at radius 1 is 1.04 bits per heavy atom. The van der Waals surface area contributed by atoms with Crippen LogP contribution in [0.2, 0.25) is 0 Å². The van der Waals surface area contributed by atoms with E-state index in [4.69, 9.17) is 0 Å². The Labute approximate surface area is 163 Å². The number of allylic oxidation sites excluding steroid dienone is 2. The zero-order chi connectivity index (χ0) is 17.2. The average Bonchev–Trinajstić information content (AvgIpc) is 3.08. The maximum Gasteiger partial charge on any atom is 0.738 e. The summed E-state index contributed by atoms with van der Waals surface area (Å²) < 4.78 is 34.1. The molecule has 0 aliphatic carbocycles. The molecule has 2 nitrogen and oxygen atoms in total. The maximum absolute atomic E-state index is 15.1. The van der Waals surface area contributed by atoms with Crippen LogP contribution < -0.4 is 0 Å². The van der Waals surface area contributed by atoms with Crippen LogP contribution in [0, 0.1) is 6.92 Å². The number of aromatic nitrogens is 1. The second-order valence-corrected chi connectivity index (χ2v) is 8.23. The van der Waals surface area contributed by atoms with E-state index in [2.05, 4.69) is 47.8 Å². The number of benzene rings is 1. The van der Waals surface area contributed by atoms with E-state index in [1.54, 1.807) is 24.3 Å². The van der Waals surface area contributed by atoms with E-state index in [1.807, 2.05) is 25.1 Å². The second kappa shape index (κ2) is 5.51. The summed E-state index contributed by atoms with van der Waals surface area (Å²) in [4.78, 5) is 0. The summed E-state index contributed by atoms with van der Waals surface area (Å²) in [5.41, 5.74) is 3.76. The molecule has 0 bridgehead atoms. The van der Waals surface area contributed by atoms with Gasteiger partial charge in [-0.2, -0.15) is 0 Å². The first kappa shape index (κ1) is 16.5. The third-order valence-corrected chi connectivity index (χ3v) is 6.50. The molecule has 1 aromatic carbocycles. The van der Waals surface area contributed by atoms with Gasteiger partial charge in [-0.3, -0.25) is 0 Å². The summed E-state index contributed by atoms with van der Waals surface area (Å²) in [6.45, 7) is -1.99. The predicted molar refractivity (Wildman–Crippen MR) is 104 cm³/mol. The van der Waals surface area contributed by atoms with Gasteiger partial charge in [0.05, 0.1) is 10.2 Å². The van der Waals surface area contributed by atoms with Gasteiger partial charge in [-0.25, -0.2) is 0 Å². The summed E-state index contributed by atoms with van der Waals surface area (Å²) in [7, 11) is 0. The molecule has 0 N–H and O–H groups in total. The Balaban J connectivity index is 2.10. The van der Waals surface area contributed by atoms with Crippen molar-refractivity contribution in [1.29, 1.82) is 0 Å².